The van der Waals surface area contributed by atoms with Crippen LogP contribution in [0.5, 0.6) is 0 Å². The maximum atomic E-state index is 6.05. The third-order valence-electron chi connectivity index (χ3n) is 6.92. The first-order valence-corrected chi connectivity index (χ1v) is 8.53. The molecule has 0 aromatic rings. The van der Waals surface area contributed by atoms with Crippen molar-refractivity contribution in [3.8, 4) is 0 Å². The predicted octanol–water partition coefficient (Wildman–Crippen LogP) is 3.97. The molecule has 5 rings (SSSR count). The van der Waals surface area contributed by atoms with E-state index >= 15 is 0 Å². The van der Waals surface area contributed by atoms with E-state index in [9.17, 15) is 0 Å². The molecular weight excluding hydrogens is 218 g/mol. The summed E-state index contributed by atoms with van der Waals surface area (Å²) >= 11 is 0. The average Bonchev–Trinajstić information content (AvgIpc) is 2.35. The zero-order valence-electron chi connectivity index (χ0n) is 11.7. The first kappa shape index (κ1) is 11.8. The molecule has 5 saturated carbocycles. The Morgan fingerprint density at radius 3 is 1.83 bits per heavy atom. The minimum Gasteiger partial charge on any atom is -0.328 e. The predicted molar refractivity (Wildman–Crippen MR) is 75.1 cm³/mol. The molecule has 0 radical (unpaired) electrons. The molecule has 0 amide bonds. The van der Waals surface area contributed by atoms with Gasteiger partial charge in [-0.15, -0.1) is 0 Å². The first-order chi connectivity index (χ1) is 8.78. The Kier molecular flexibility index (Phi) is 2.94. The SMILES string of the molecule is NC1CCC(CC2C3CC4CC(C3)CC2C4)CC1. The maximum Gasteiger partial charge on any atom is 0.00390 e. The molecule has 5 aliphatic rings. The molecule has 0 spiro atoms. The number of rotatable bonds is 2. The molecule has 4 bridgehead atoms. The molecule has 0 heterocycles. The summed E-state index contributed by atoms with van der Waals surface area (Å²) in [5.74, 6) is 6.71. The zero-order chi connectivity index (χ0) is 12.1. The Morgan fingerprint density at radius 1 is 0.722 bits per heavy atom. The molecule has 5 fully saturated rings. The van der Waals surface area contributed by atoms with Crippen LogP contribution in [0.1, 0.15) is 64.2 Å². The van der Waals surface area contributed by atoms with E-state index in [0.29, 0.717) is 6.04 Å². The van der Waals surface area contributed by atoms with Crippen LogP contribution in [-0.2, 0) is 0 Å². The normalized spacial score (nSPS) is 54.8. The second-order valence-electron chi connectivity index (χ2n) is 8.11. The average molecular weight is 247 g/mol. The van der Waals surface area contributed by atoms with Gasteiger partial charge in [-0.1, -0.05) is 0 Å². The van der Waals surface area contributed by atoms with E-state index in [0.717, 1.165) is 35.5 Å². The molecule has 0 aromatic carbocycles. The summed E-state index contributed by atoms with van der Waals surface area (Å²) in [5, 5.41) is 0. The Bertz CT molecular complexity index is 275. The van der Waals surface area contributed by atoms with Gasteiger partial charge in [-0.25, -0.2) is 0 Å². The van der Waals surface area contributed by atoms with Crippen molar-refractivity contribution < 1.29 is 0 Å². The van der Waals surface area contributed by atoms with Crippen LogP contribution in [0.2, 0.25) is 0 Å². The fraction of sp³-hybridized carbons (Fsp3) is 1.00. The van der Waals surface area contributed by atoms with Crippen LogP contribution in [0.4, 0.5) is 0 Å². The van der Waals surface area contributed by atoms with Gasteiger partial charge in [-0.05, 0) is 99.7 Å². The highest BCUT2D eigenvalue weighted by Gasteiger charge is 2.48. The van der Waals surface area contributed by atoms with Gasteiger partial charge in [0.05, 0.1) is 0 Å². The van der Waals surface area contributed by atoms with Crippen LogP contribution in [0.3, 0.4) is 0 Å². The quantitative estimate of drug-likeness (QED) is 0.785. The molecule has 2 N–H and O–H groups in total. The number of nitrogens with two attached hydrogens (primary N) is 1. The number of hydrogen-bond donors (Lipinski definition) is 1. The highest BCUT2D eigenvalue weighted by molar-refractivity contribution is 4.98. The van der Waals surface area contributed by atoms with Crippen molar-refractivity contribution >= 4 is 0 Å². The third kappa shape index (κ3) is 2.03. The molecule has 0 atom stereocenters. The van der Waals surface area contributed by atoms with E-state index in [1.165, 1.54) is 25.7 Å². The largest absolute Gasteiger partial charge is 0.328 e. The van der Waals surface area contributed by atoms with Gasteiger partial charge in [0.1, 0.15) is 0 Å². The molecule has 0 aliphatic heterocycles. The van der Waals surface area contributed by atoms with Gasteiger partial charge < -0.3 is 5.73 Å². The lowest BCUT2D eigenvalue weighted by Crippen LogP contribution is -2.45. The van der Waals surface area contributed by atoms with Crippen LogP contribution < -0.4 is 5.73 Å². The smallest absolute Gasteiger partial charge is 0.00390 e. The fourth-order valence-corrected chi connectivity index (χ4v) is 6.23. The second kappa shape index (κ2) is 4.51. The van der Waals surface area contributed by atoms with Gasteiger partial charge in [0, 0.05) is 6.04 Å². The summed E-state index contributed by atoms with van der Waals surface area (Å²) in [6.07, 6.45) is 15.0. The van der Waals surface area contributed by atoms with E-state index in [1.54, 1.807) is 38.5 Å². The summed E-state index contributed by atoms with van der Waals surface area (Å²) in [5.41, 5.74) is 6.05. The Balaban J connectivity index is 1.40. The van der Waals surface area contributed by atoms with Gasteiger partial charge >= 0.3 is 0 Å². The minimum atomic E-state index is 0.528. The molecule has 1 heteroatoms. The van der Waals surface area contributed by atoms with E-state index < -0.39 is 0 Å². The summed E-state index contributed by atoms with van der Waals surface area (Å²) in [6.45, 7) is 0. The van der Waals surface area contributed by atoms with Crippen LogP contribution in [0.15, 0.2) is 0 Å². The topological polar surface area (TPSA) is 26.0 Å². The molecule has 0 unspecified atom stereocenters. The van der Waals surface area contributed by atoms with Crippen LogP contribution >= 0.6 is 0 Å². The van der Waals surface area contributed by atoms with Gasteiger partial charge in [0.2, 0.25) is 0 Å². The summed E-state index contributed by atoms with van der Waals surface area (Å²) < 4.78 is 0. The molecule has 1 nitrogen and oxygen atoms in total. The molecule has 0 aromatic heterocycles. The van der Waals surface area contributed by atoms with Crippen molar-refractivity contribution in [1.29, 1.82) is 0 Å². The minimum absolute atomic E-state index is 0.528. The lowest BCUT2D eigenvalue weighted by atomic mass is 9.50. The van der Waals surface area contributed by atoms with Crippen molar-refractivity contribution in [2.75, 3.05) is 0 Å². The van der Waals surface area contributed by atoms with Gasteiger partial charge in [0.25, 0.3) is 0 Å². The van der Waals surface area contributed by atoms with E-state index in [-0.39, 0.29) is 0 Å². The Morgan fingerprint density at radius 2 is 1.28 bits per heavy atom. The summed E-state index contributed by atoms with van der Waals surface area (Å²) in [7, 11) is 0. The second-order valence-corrected chi connectivity index (χ2v) is 8.11. The van der Waals surface area contributed by atoms with E-state index in [2.05, 4.69) is 0 Å². The van der Waals surface area contributed by atoms with Crippen molar-refractivity contribution in [2.24, 2.45) is 41.2 Å². The first-order valence-electron chi connectivity index (χ1n) is 8.53. The highest BCUT2D eigenvalue weighted by Crippen LogP contribution is 2.58. The fourth-order valence-electron chi connectivity index (χ4n) is 6.23. The van der Waals surface area contributed by atoms with Crippen molar-refractivity contribution in [1.82, 2.24) is 0 Å². The van der Waals surface area contributed by atoms with E-state index in [4.69, 9.17) is 5.73 Å². The number of hydrogen-bond acceptors (Lipinski definition) is 1. The van der Waals surface area contributed by atoms with Gasteiger partial charge in [-0.2, -0.15) is 0 Å². The summed E-state index contributed by atoms with van der Waals surface area (Å²) in [6, 6.07) is 0.528. The van der Waals surface area contributed by atoms with Crippen molar-refractivity contribution in [3.05, 3.63) is 0 Å². The lowest BCUT2D eigenvalue weighted by molar-refractivity contribution is -0.0476. The molecule has 18 heavy (non-hydrogen) atoms. The van der Waals surface area contributed by atoms with Crippen molar-refractivity contribution in [2.45, 2.75) is 70.3 Å². The highest BCUT2D eigenvalue weighted by atomic mass is 14.6. The Hall–Kier alpha value is -0.0400. The van der Waals surface area contributed by atoms with Crippen molar-refractivity contribution in [3.63, 3.8) is 0 Å². The standard InChI is InChI=1S/C17H29N/c18-16-3-1-11(2-4-16)10-17-14-6-12-5-13(8-14)9-15(17)7-12/h11-17H,1-10,18H2. The van der Waals surface area contributed by atoms with Crippen LogP contribution in [0, 0.1) is 35.5 Å². The van der Waals surface area contributed by atoms with Crippen LogP contribution in [0.25, 0.3) is 0 Å². The summed E-state index contributed by atoms with van der Waals surface area (Å²) in [4.78, 5) is 0. The molecule has 102 valence electrons. The van der Waals surface area contributed by atoms with E-state index in [1.807, 2.05) is 0 Å². The maximum absolute atomic E-state index is 6.05. The van der Waals surface area contributed by atoms with Gasteiger partial charge in [0.15, 0.2) is 0 Å². The van der Waals surface area contributed by atoms with Gasteiger partial charge in [-0.3, -0.25) is 0 Å². The monoisotopic (exact) mass is 247 g/mol. The molecule has 0 saturated heterocycles. The molecular formula is C17H29N. The lowest BCUT2D eigenvalue weighted by Gasteiger charge is -2.55. The zero-order valence-corrected chi connectivity index (χ0v) is 11.7. The molecule has 5 aliphatic carbocycles. The van der Waals surface area contributed by atoms with Crippen LogP contribution in [-0.4, -0.2) is 6.04 Å². The third-order valence-corrected chi connectivity index (χ3v) is 6.92. The Labute approximate surface area is 112 Å².